The maximum Gasteiger partial charge on any atom is 0.343 e. The smallest absolute Gasteiger partial charge is 0.343 e. The molecule has 3 heterocycles. The Morgan fingerprint density at radius 1 is 1.00 bits per heavy atom. The standard InChI is InChI=1S/C17H17N9O7/c1-33-14(27)3-2-4-18-16(29)11-6-12(24-23-11)19-17(30)10-5-8(20-22-10)15(28)9-7-13(25-21-9)26(31)32/h5-7H,2-4H2,1H3,(H,18,29)(H,20,22)(H,21,25)(H2,19,23,24,30). The number of esters is 1. The van der Waals surface area contributed by atoms with Crippen LogP contribution in [0.3, 0.4) is 0 Å². The summed E-state index contributed by atoms with van der Waals surface area (Å²) in [7, 11) is 1.27. The third kappa shape index (κ3) is 5.63. The topological polar surface area (TPSA) is 231 Å². The second kappa shape index (κ2) is 9.94. The first kappa shape index (κ1) is 22.8. The molecule has 0 saturated carbocycles. The summed E-state index contributed by atoms with van der Waals surface area (Å²) >= 11 is 0. The lowest BCUT2D eigenvalue weighted by Crippen LogP contribution is -2.25. The Balaban J connectivity index is 1.55. The van der Waals surface area contributed by atoms with Gasteiger partial charge in [-0.1, -0.05) is 5.10 Å². The number of ketones is 1. The molecular formula is C17H17N9O7. The number of hydrogen-bond acceptors (Lipinski definition) is 10. The molecule has 2 amide bonds. The molecule has 3 aromatic rings. The number of aromatic nitrogens is 6. The van der Waals surface area contributed by atoms with E-state index in [9.17, 15) is 29.3 Å². The lowest BCUT2D eigenvalue weighted by Gasteiger charge is -2.02. The molecule has 0 aliphatic heterocycles. The van der Waals surface area contributed by atoms with Crippen molar-refractivity contribution in [2.75, 3.05) is 19.0 Å². The number of rotatable bonds is 10. The molecular weight excluding hydrogens is 442 g/mol. The number of nitrogens with one attached hydrogen (secondary N) is 5. The van der Waals surface area contributed by atoms with Crippen LogP contribution in [0.1, 0.15) is 50.0 Å². The van der Waals surface area contributed by atoms with Gasteiger partial charge >= 0.3 is 11.8 Å². The van der Waals surface area contributed by atoms with E-state index in [0.717, 1.165) is 12.1 Å². The van der Waals surface area contributed by atoms with Gasteiger partial charge in [-0.05, 0) is 11.3 Å². The number of carbonyl (C=O) groups excluding carboxylic acids is 4. The van der Waals surface area contributed by atoms with Crippen molar-refractivity contribution in [2.24, 2.45) is 0 Å². The van der Waals surface area contributed by atoms with Gasteiger partial charge in [0.1, 0.15) is 17.1 Å². The van der Waals surface area contributed by atoms with Crippen molar-refractivity contribution < 1.29 is 28.8 Å². The molecule has 3 aromatic heterocycles. The molecule has 0 spiro atoms. The molecule has 16 nitrogen and oxygen atoms in total. The van der Waals surface area contributed by atoms with Gasteiger partial charge in [-0.2, -0.15) is 10.2 Å². The number of hydrogen-bond donors (Lipinski definition) is 5. The van der Waals surface area contributed by atoms with Crippen molar-refractivity contribution in [1.29, 1.82) is 0 Å². The predicted molar refractivity (Wildman–Crippen MR) is 107 cm³/mol. The fourth-order valence-electron chi connectivity index (χ4n) is 2.52. The first-order valence-corrected chi connectivity index (χ1v) is 9.30. The summed E-state index contributed by atoms with van der Waals surface area (Å²) in [5.41, 5.74) is -0.450. The maximum atomic E-state index is 12.4. The number of methoxy groups -OCH3 is 1. The van der Waals surface area contributed by atoms with E-state index in [2.05, 4.69) is 46.0 Å². The highest BCUT2D eigenvalue weighted by atomic mass is 16.6. The fourth-order valence-corrected chi connectivity index (χ4v) is 2.52. The van der Waals surface area contributed by atoms with Gasteiger partial charge < -0.3 is 25.5 Å². The van der Waals surface area contributed by atoms with Gasteiger partial charge in [0, 0.05) is 25.1 Å². The van der Waals surface area contributed by atoms with Gasteiger partial charge in [0.15, 0.2) is 11.5 Å². The minimum absolute atomic E-state index is 0.0325. The summed E-state index contributed by atoms with van der Waals surface area (Å²) in [5, 5.41) is 33.7. The van der Waals surface area contributed by atoms with E-state index in [4.69, 9.17) is 0 Å². The number of carbonyl (C=O) groups is 4. The molecule has 33 heavy (non-hydrogen) atoms. The quantitative estimate of drug-likeness (QED) is 0.0890. The molecule has 0 atom stereocenters. The summed E-state index contributed by atoms with van der Waals surface area (Å²) in [4.78, 5) is 57.7. The van der Waals surface area contributed by atoms with E-state index in [1.807, 2.05) is 0 Å². The molecule has 16 heteroatoms. The summed E-state index contributed by atoms with van der Waals surface area (Å²) in [6.07, 6.45) is 0.551. The molecule has 0 aliphatic rings. The van der Waals surface area contributed by atoms with Crippen LogP contribution in [0.25, 0.3) is 0 Å². The molecule has 0 fully saturated rings. The van der Waals surface area contributed by atoms with Crippen LogP contribution in [0.2, 0.25) is 0 Å². The van der Waals surface area contributed by atoms with Gasteiger partial charge in [0.25, 0.3) is 11.8 Å². The van der Waals surface area contributed by atoms with E-state index >= 15 is 0 Å². The van der Waals surface area contributed by atoms with Crippen LogP contribution in [-0.2, 0) is 9.53 Å². The van der Waals surface area contributed by atoms with Gasteiger partial charge in [-0.3, -0.25) is 29.4 Å². The molecule has 172 valence electrons. The lowest BCUT2D eigenvalue weighted by atomic mass is 10.2. The first-order valence-electron chi connectivity index (χ1n) is 9.30. The Morgan fingerprint density at radius 2 is 1.67 bits per heavy atom. The number of anilines is 1. The van der Waals surface area contributed by atoms with Crippen LogP contribution in [-0.4, -0.2) is 72.7 Å². The van der Waals surface area contributed by atoms with Crippen LogP contribution in [0.4, 0.5) is 11.6 Å². The van der Waals surface area contributed by atoms with E-state index in [1.165, 1.54) is 13.2 Å². The van der Waals surface area contributed by atoms with Crippen molar-refractivity contribution in [3.8, 4) is 0 Å². The zero-order valence-corrected chi connectivity index (χ0v) is 17.0. The minimum atomic E-state index is -0.742. The monoisotopic (exact) mass is 459 g/mol. The average Bonchev–Trinajstić information content (AvgIpc) is 3.56. The highest BCUT2D eigenvalue weighted by Crippen LogP contribution is 2.13. The summed E-state index contributed by atoms with van der Waals surface area (Å²) in [6.45, 7) is 0.235. The van der Waals surface area contributed by atoms with Gasteiger partial charge in [-0.15, -0.1) is 5.10 Å². The van der Waals surface area contributed by atoms with E-state index < -0.39 is 28.3 Å². The third-order valence-electron chi connectivity index (χ3n) is 4.18. The molecule has 0 unspecified atom stereocenters. The molecule has 3 rings (SSSR count). The number of nitro groups is 1. The largest absolute Gasteiger partial charge is 0.469 e. The van der Waals surface area contributed by atoms with Crippen LogP contribution < -0.4 is 10.6 Å². The first-order chi connectivity index (χ1) is 15.8. The lowest BCUT2D eigenvalue weighted by molar-refractivity contribution is -0.389. The predicted octanol–water partition coefficient (Wildman–Crippen LogP) is -0.0696. The molecule has 0 aliphatic carbocycles. The number of aromatic amines is 3. The Bertz CT molecular complexity index is 1210. The molecule has 0 bridgehead atoms. The Labute approximate surface area is 183 Å². The zero-order valence-electron chi connectivity index (χ0n) is 17.0. The number of H-pyrrole nitrogens is 3. The summed E-state index contributed by atoms with van der Waals surface area (Å²) in [5.74, 6) is -2.74. The number of ether oxygens (including phenoxy) is 1. The van der Waals surface area contributed by atoms with E-state index in [1.54, 1.807) is 0 Å². The van der Waals surface area contributed by atoms with Crippen molar-refractivity contribution in [3.05, 3.63) is 51.1 Å². The highest BCUT2D eigenvalue weighted by molar-refractivity contribution is 6.09. The zero-order chi connectivity index (χ0) is 24.0. The van der Waals surface area contributed by atoms with Crippen LogP contribution >= 0.6 is 0 Å². The summed E-state index contributed by atoms with van der Waals surface area (Å²) in [6, 6.07) is 3.38. The molecule has 0 aromatic carbocycles. The second-order valence-corrected chi connectivity index (χ2v) is 6.45. The normalized spacial score (nSPS) is 10.5. The third-order valence-corrected chi connectivity index (χ3v) is 4.18. The van der Waals surface area contributed by atoms with Gasteiger partial charge in [0.2, 0.25) is 5.78 Å². The van der Waals surface area contributed by atoms with Crippen LogP contribution in [0, 0.1) is 10.1 Å². The molecule has 5 N–H and O–H groups in total. The maximum absolute atomic E-state index is 12.4. The minimum Gasteiger partial charge on any atom is -0.469 e. The van der Waals surface area contributed by atoms with Gasteiger partial charge in [-0.25, -0.2) is 0 Å². The second-order valence-electron chi connectivity index (χ2n) is 6.45. The highest BCUT2D eigenvalue weighted by Gasteiger charge is 2.22. The van der Waals surface area contributed by atoms with Crippen molar-refractivity contribution in [1.82, 2.24) is 35.9 Å². The van der Waals surface area contributed by atoms with Crippen LogP contribution in [0.5, 0.6) is 0 Å². The van der Waals surface area contributed by atoms with Crippen LogP contribution in [0.15, 0.2) is 18.2 Å². The fraction of sp³-hybridized carbons (Fsp3) is 0.235. The number of amides is 2. The Kier molecular flexibility index (Phi) is 6.87. The van der Waals surface area contributed by atoms with Crippen molar-refractivity contribution in [2.45, 2.75) is 12.8 Å². The summed E-state index contributed by atoms with van der Waals surface area (Å²) < 4.78 is 4.50. The average molecular weight is 459 g/mol. The van der Waals surface area contributed by atoms with Gasteiger partial charge in [0.05, 0.1) is 13.2 Å². The SMILES string of the molecule is COC(=O)CCCNC(=O)c1cc(NC(=O)c2cc(C(=O)c3cc([N+](=O)[O-])[nH]n3)n[nH]2)n[nH]1. The van der Waals surface area contributed by atoms with Crippen molar-refractivity contribution in [3.63, 3.8) is 0 Å². The number of nitrogens with zero attached hydrogens (tertiary/aromatic N) is 4. The van der Waals surface area contributed by atoms with E-state index in [0.29, 0.717) is 6.42 Å². The Morgan fingerprint density at radius 3 is 2.36 bits per heavy atom. The van der Waals surface area contributed by atoms with E-state index in [-0.39, 0.29) is 47.5 Å². The molecule has 0 radical (unpaired) electrons. The van der Waals surface area contributed by atoms with Crippen molar-refractivity contribution >= 4 is 35.2 Å². The molecule has 0 saturated heterocycles. The Hall–Kier alpha value is -4.89.